The van der Waals surface area contributed by atoms with Crippen LogP contribution in [0, 0.1) is 11.3 Å². The topological polar surface area (TPSA) is 84.2 Å². The number of benzene rings is 1. The molecule has 1 heterocycles. The van der Waals surface area contributed by atoms with E-state index in [-0.39, 0.29) is 12.4 Å². The number of amides is 1. The van der Waals surface area contributed by atoms with Gasteiger partial charge in [-0.25, -0.2) is 4.98 Å². The van der Waals surface area contributed by atoms with Crippen LogP contribution in [-0.2, 0) is 4.79 Å². The van der Waals surface area contributed by atoms with Gasteiger partial charge in [0.15, 0.2) is 6.61 Å². The van der Waals surface area contributed by atoms with Crippen molar-refractivity contribution in [2.75, 3.05) is 19.0 Å². The number of nitrogens with one attached hydrogen (secondary N) is 1. The van der Waals surface area contributed by atoms with Crippen molar-refractivity contribution in [3.8, 4) is 17.6 Å². The molecule has 0 saturated carbocycles. The van der Waals surface area contributed by atoms with Crippen LogP contribution in [0.3, 0.4) is 0 Å². The number of carbonyl (C=O) groups is 1. The predicted molar refractivity (Wildman–Crippen MR) is 81.1 cm³/mol. The van der Waals surface area contributed by atoms with Crippen molar-refractivity contribution in [2.45, 2.75) is 0 Å². The fraction of sp³-hybridized carbons (Fsp3) is 0.133. The Balaban J connectivity index is 1.99. The maximum Gasteiger partial charge on any atom is 0.263 e. The van der Waals surface area contributed by atoms with Crippen LogP contribution in [0.4, 0.5) is 5.82 Å². The van der Waals surface area contributed by atoms with Crippen molar-refractivity contribution in [3.63, 3.8) is 0 Å². The first-order valence-electron chi connectivity index (χ1n) is 6.24. The number of carbonyl (C=O) groups excluding carboxylic acids is 1. The molecular formula is C15H12ClN3O3. The lowest BCUT2D eigenvalue weighted by Crippen LogP contribution is -2.21. The smallest absolute Gasteiger partial charge is 0.263 e. The lowest BCUT2D eigenvalue weighted by molar-refractivity contribution is -0.118. The molecule has 1 aromatic carbocycles. The highest BCUT2D eigenvalue weighted by Gasteiger charge is 2.09. The van der Waals surface area contributed by atoms with Crippen molar-refractivity contribution < 1.29 is 14.3 Å². The fourth-order valence-corrected chi connectivity index (χ4v) is 1.73. The van der Waals surface area contributed by atoms with Crippen molar-refractivity contribution >= 4 is 23.3 Å². The first kappa shape index (κ1) is 15.6. The molecule has 0 unspecified atom stereocenters. The first-order chi connectivity index (χ1) is 10.6. The minimum Gasteiger partial charge on any atom is -0.497 e. The second-order valence-electron chi connectivity index (χ2n) is 4.17. The van der Waals surface area contributed by atoms with Crippen LogP contribution in [0.1, 0.15) is 5.56 Å². The Morgan fingerprint density at radius 1 is 1.41 bits per heavy atom. The van der Waals surface area contributed by atoms with Gasteiger partial charge in [0.1, 0.15) is 23.4 Å². The quantitative estimate of drug-likeness (QED) is 0.916. The molecular weight excluding hydrogens is 306 g/mol. The molecule has 0 aliphatic heterocycles. The maximum absolute atomic E-state index is 11.8. The molecule has 0 aliphatic rings. The van der Waals surface area contributed by atoms with Crippen LogP contribution in [0.15, 0.2) is 36.5 Å². The second kappa shape index (κ2) is 7.29. The molecule has 0 spiro atoms. The lowest BCUT2D eigenvalue weighted by Gasteiger charge is -2.09. The van der Waals surface area contributed by atoms with Crippen LogP contribution < -0.4 is 14.8 Å². The molecule has 2 aromatic rings. The summed E-state index contributed by atoms with van der Waals surface area (Å²) in [6, 6.07) is 9.93. The highest BCUT2D eigenvalue weighted by Crippen LogP contribution is 2.24. The Bertz CT molecular complexity index is 711. The van der Waals surface area contributed by atoms with Crippen LogP contribution in [-0.4, -0.2) is 24.6 Å². The number of aromatic nitrogens is 1. The third-order valence-electron chi connectivity index (χ3n) is 2.66. The van der Waals surface area contributed by atoms with Crippen molar-refractivity contribution in [2.24, 2.45) is 0 Å². The van der Waals surface area contributed by atoms with Crippen molar-refractivity contribution in [3.05, 3.63) is 47.1 Å². The highest BCUT2D eigenvalue weighted by molar-refractivity contribution is 6.30. The summed E-state index contributed by atoms with van der Waals surface area (Å²) in [6.45, 7) is -0.258. The van der Waals surface area contributed by atoms with E-state index in [9.17, 15) is 4.79 Å². The van der Waals surface area contributed by atoms with E-state index in [1.54, 1.807) is 30.3 Å². The highest BCUT2D eigenvalue weighted by atomic mass is 35.5. The van der Waals surface area contributed by atoms with E-state index in [4.69, 9.17) is 26.3 Å². The summed E-state index contributed by atoms with van der Waals surface area (Å²) in [5.41, 5.74) is 0.318. The summed E-state index contributed by atoms with van der Waals surface area (Å²) in [4.78, 5) is 15.7. The Kier molecular flexibility index (Phi) is 5.17. The molecule has 0 aliphatic carbocycles. The summed E-state index contributed by atoms with van der Waals surface area (Å²) in [5, 5.41) is 12.0. The van der Waals surface area contributed by atoms with E-state index >= 15 is 0 Å². The average Bonchev–Trinajstić information content (AvgIpc) is 2.54. The number of hydrogen-bond donors (Lipinski definition) is 1. The molecule has 1 amide bonds. The van der Waals surface area contributed by atoms with E-state index in [2.05, 4.69) is 10.3 Å². The van der Waals surface area contributed by atoms with Gasteiger partial charge in [-0.05, 0) is 24.3 Å². The second-order valence-corrected chi connectivity index (χ2v) is 4.61. The standard InChI is InChI=1S/C15H12ClN3O3/c1-21-12-4-2-10(7-17)13(6-12)22-9-15(20)19-14-5-3-11(16)8-18-14/h2-6,8H,9H2,1H3,(H,18,19,20). The number of ether oxygens (including phenoxy) is 2. The molecule has 0 atom stereocenters. The van der Waals surface area contributed by atoms with Gasteiger partial charge >= 0.3 is 0 Å². The molecule has 1 aromatic heterocycles. The summed E-state index contributed by atoms with van der Waals surface area (Å²) >= 11 is 5.71. The normalized spacial score (nSPS) is 9.68. The lowest BCUT2D eigenvalue weighted by atomic mass is 10.2. The SMILES string of the molecule is COc1ccc(C#N)c(OCC(=O)Nc2ccc(Cl)cn2)c1. The summed E-state index contributed by atoms with van der Waals surface area (Å²) in [5.74, 6) is 0.778. The summed E-state index contributed by atoms with van der Waals surface area (Å²) in [7, 11) is 1.50. The average molecular weight is 318 g/mol. The molecule has 0 radical (unpaired) electrons. The van der Waals surface area contributed by atoms with Gasteiger partial charge in [0.25, 0.3) is 5.91 Å². The van der Waals surface area contributed by atoms with E-state index in [0.29, 0.717) is 22.2 Å². The van der Waals surface area contributed by atoms with Crippen LogP contribution in [0.25, 0.3) is 0 Å². The summed E-state index contributed by atoms with van der Waals surface area (Å²) < 4.78 is 10.4. The van der Waals surface area contributed by atoms with Gasteiger partial charge in [-0.1, -0.05) is 11.6 Å². The van der Waals surface area contributed by atoms with E-state index in [1.807, 2.05) is 6.07 Å². The zero-order valence-corrected chi connectivity index (χ0v) is 12.4. The molecule has 7 heteroatoms. The summed E-state index contributed by atoms with van der Waals surface area (Å²) in [6.07, 6.45) is 1.42. The number of hydrogen-bond acceptors (Lipinski definition) is 5. The van der Waals surface area contributed by atoms with Gasteiger partial charge in [-0.2, -0.15) is 5.26 Å². The van der Waals surface area contributed by atoms with Gasteiger partial charge in [0.05, 0.1) is 17.7 Å². The largest absolute Gasteiger partial charge is 0.497 e. The van der Waals surface area contributed by atoms with E-state index in [1.165, 1.54) is 13.3 Å². The van der Waals surface area contributed by atoms with E-state index in [0.717, 1.165) is 0 Å². The number of halogens is 1. The minimum atomic E-state index is -0.401. The van der Waals surface area contributed by atoms with Crippen LogP contribution in [0.5, 0.6) is 11.5 Å². The zero-order chi connectivity index (χ0) is 15.9. The predicted octanol–water partition coefficient (Wildman–Crippen LogP) is 2.63. The fourth-order valence-electron chi connectivity index (χ4n) is 1.61. The zero-order valence-electron chi connectivity index (χ0n) is 11.7. The first-order valence-corrected chi connectivity index (χ1v) is 6.62. The number of rotatable bonds is 5. The molecule has 2 rings (SSSR count). The van der Waals surface area contributed by atoms with Crippen molar-refractivity contribution in [1.82, 2.24) is 4.98 Å². The molecule has 6 nitrogen and oxygen atoms in total. The van der Waals surface area contributed by atoms with Gasteiger partial charge in [0, 0.05) is 12.3 Å². The number of anilines is 1. The molecule has 112 valence electrons. The van der Waals surface area contributed by atoms with Crippen LogP contribution >= 0.6 is 11.6 Å². The number of nitrogens with zero attached hydrogens (tertiary/aromatic N) is 2. The minimum absolute atomic E-state index is 0.258. The third kappa shape index (κ3) is 4.11. The van der Waals surface area contributed by atoms with Gasteiger partial charge in [-0.3, -0.25) is 4.79 Å². The Morgan fingerprint density at radius 3 is 2.86 bits per heavy atom. The monoisotopic (exact) mass is 317 g/mol. The van der Waals surface area contributed by atoms with Gasteiger partial charge in [-0.15, -0.1) is 0 Å². The molecule has 0 saturated heterocycles. The van der Waals surface area contributed by atoms with Crippen molar-refractivity contribution in [1.29, 1.82) is 5.26 Å². The van der Waals surface area contributed by atoms with Gasteiger partial charge in [0.2, 0.25) is 0 Å². The van der Waals surface area contributed by atoms with Gasteiger partial charge < -0.3 is 14.8 Å². The number of nitriles is 1. The Morgan fingerprint density at radius 2 is 2.23 bits per heavy atom. The Labute approximate surface area is 132 Å². The Hall–Kier alpha value is -2.78. The number of methoxy groups -OCH3 is 1. The number of pyridine rings is 1. The van der Waals surface area contributed by atoms with Crippen LogP contribution in [0.2, 0.25) is 5.02 Å². The molecule has 1 N–H and O–H groups in total. The maximum atomic E-state index is 11.8. The third-order valence-corrected chi connectivity index (χ3v) is 2.89. The molecule has 0 fully saturated rings. The molecule has 22 heavy (non-hydrogen) atoms. The van der Waals surface area contributed by atoms with E-state index < -0.39 is 5.91 Å². The molecule has 0 bridgehead atoms.